The van der Waals surface area contributed by atoms with Gasteiger partial charge >= 0.3 is 0 Å². The van der Waals surface area contributed by atoms with E-state index in [4.69, 9.17) is 5.73 Å². The number of hydrogen-bond acceptors (Lipinski definition) is 1. The Morgan fingerprint density at radius 2 is 1.61 bits per heavy atom. The maximum atomic E-state index is 6.36. The Bertz CT molecular complexity index is 581. The first-order valence-corrected chi connectivity index (χ1v) is 7.83. The summed E-state index contributed by atoms with van der Waals surface area (Å²) in [5, 5.41) is 0. The van der Waals surface area contributed by atoms with Gasteiger partial charge in [0, 0.05) is 13.4 Å². The second kappa shape index (κ2) is 5.87. The molecule has 0 spiro atoms. The van der Waals surface area contributed by atoms with E-state index in [1.807, 2.05) is 18.2 Å². The van der Waals surface area contributed by atoms with Crippen LogP contribution < -0.4 is 5.73 Å². The van der Waals surface area contributed by atoms with E-state index in [-0.39, 0.29) is 6.04 Å². The number of halogens is 3. The minimum atomic E-state index is -0.160. The molecule has 0 bridgehead atoms. The van der Waals surface area contributed by atoms with Crippen molar-refractivity contribution < 1.29 is 0 Å². The summed E-state index contributed by atoms with van der Waals surface area (Å²) < 4.78 is 3.09. The van der Waals surface area contributed by atoms with Gasteiger partial charge < -0.3 is 5.73 Å². The normalized spacial score (nSPS) is 12.5. The van der Waals surface area contributed by atoms with Crippen LogP contribution in [0.15, 0.2) is 49.8 Å². The zero-order valence-corrected chi connectivity index (χ0v) is 14.5. The summed E-state index contributed by atoms with van der Waals surface area (Å²) in [5.41, 5.74) is 9.72. The zero-order valence-electron chi connectivity index (χ0n) is 9.75. The molecule has 0 aliphatic rings. The van der Waals surface area contributed by atoms with Gasteiger partial charge in [-0.05, 0) is 47.9 Å². The topological polar surface area (TPSA) is 26.0 Å². The number of benzene rings is 2. The van der Waals surface area contributed by atoms with E-state index in [9.17, 15) is 0 Å². The third kappa shape index (κ3) is 3.05. The lowest BCUT2D eigenvalue weighted by molar-refractivity contribution is 0.858. The van der Waals surface area contributed by atoms with Crippen LogP contribution in [-0.2, 0) is 0 Å². The summed E-state index contributed by atoms with van der Waals surface area (Å²) in [4.78, 5) is 0. The summed E-state index contributed by atoms with van der Waals surface area (Å²) >= 11 is 10.6. The highest BCUT2D eigenvalue weighted by molar-refractivity contribution is 9.11. The van der Waals surface area contributed by atoms with Gasteiger partial charge in [-0.3, -0.25) is 0 Å². The Hall–Kier alpha value is -0.160. The van der Waals surface area contributed by atoms with Crippen LogP contribution in [0.5, 0.6) is 0 Å². The zero-order chi connectivity index (χ0) is 13.3. The molecule has 94 valence electrons. The molecule has 0 saturated carbocycles. The number of hydrogen-bond donors (Lipinski definition) is 1. The van der Waals surface area contributed by atoms with Crippen molar-refractivity contribution in [3.63, 3.8) is 0 Å². The van der Waals surface area contributed by atoms with E-state index >= 15 is 0 Å². The highest BCUT2D eigenvalue weighted by Gasteiger charge is 2.15. The van der Waals surface area contributed by atoms with Crippen molar-refractivity contribution >= 4 is 47.8 Å². The maximum absolute atomic E-state index is 6.36. The summed E-state index contributed by atoms with van der Waals surface area (Å²) in [6.45, 7) is 2.06. The van der Waals surface area contributed by atoms with Gasteiger partial charge in [-0.2, -0.15) is 0 Å². The van der Waals surface area contributed by atoms with E-state index in [2.05, 4.69) is 72.9 Å². The van der Waals surface area contributed by atoms with Gasteiger partial charge in [-0.1, -0.05) is 59.9 Å². The molecule has 0 saturated heterocycles. The standard InChI is InChI=1S/C14H12Br3N/c1-8-2-4-10(13(17)6-8)14(18)11-7-9(15)3-5-12(11)16/h2-7,14H,18H2,1H3. The quantitative estimate of drug-likeness (QED) is 0.680. The van der Waals surface area contributed by atoms with E-state index in [1.165, 1.54) is 5.56 Å². The van der Waals surface area contributed by atoms with Gasteiger partial charge in [-0.15, -0.1) is 0 Å². The molecule has 0 fully saturated rings. The highest BCUT2D eigenvalue weighted by Crippen LogP contribution is 2.33. The largest absolute Gasteiger partial charge is 0.320 e. The van der Waals surface area contributed by atoms with Crippen LogP contribution in [0.3, 0.4) is 0 Å². The lowest BCUT2D eigenvalue weighted by Crippen LogP contribution is -2.13. The predicted molar refractivity (Wildman–Crippen MR) is 86.8 cm³/mol. The minimum absolute atomic E-state index is 0.160. The summed E-state index contributed by atoms with van der Waals surface area (Å²) in [7, 11) is 0. The third-order valence-electron chi connectivity index (χ3n) is 2.78. The smallest absolute Gasteiger partial charge is 0.0574 e. The Kier molecular flexibility index (Phi) is 4.64. The number of nitrogens with two attached hydrogens (primary N) is 1. The Balaban J connectivity index is 2.47. The van der Waals surface area contributed by atoms with E-state index in [1.54, 1.807) is 0 Å². The molecule has 0 amide bonds. The molecule has 0 radical (unpaired) electrons. The highest BCUT2D eigenvalue weighted by atomic mass is 79.9. The Morgan fingerprint density at radius 1 is 0.889 bits per heavy atom. The van der Waals surface area contributed by atoms with Gasteiger partial charge in [0.25, 0.3) is 0 Å². The molecule has 1 unspecified atom stereocenters. The van der Waals surface area contributed by atoms with Crippen molar-refractivity contribution in [2.75, 3.05) is 0 Å². The summed E-state index contributed by atoms with van der Waals surface area (Å²) in [6.07, 6.45) is 0. The van der Waals surface area contributed by atoms with Crippen LogP contribution in [-0.4, -0.2) is 0 Å². The van der Waals surface area contributed by atoms with Crippen LogP contribution >= 0.6 is 47.8 Å². The Morgan fingerprint density at radius 3 is 2.28 bits per heavy atom. The maximum Gasteiger partial charge on any atom is 0.0574 e. The monoisotopic (exact) mass is 431 g/mol. The fourth-order valence-electron chi connectivity index (χ4n) is 1.80. The van der Waals surface area contributed by atoms with Crippen molar-refractivity contribution in [3.05, 3.63) is 66.5 Å². The van der Waals surface area contributed by atoms with Crippen LogP contribution in [0.2, 0.25) is 0 Å². The SMILES string of the molecule is Cc1ccc(C(N)c2cc(Br)ccc2Br)c(Br)c1. The van der Waals surface area contributed by atoms with E-state index in [0.717, 1.165) is 24.5 Å². The average Bonchev–Trinajstić information content (AvgIpc) is 2.31. The summed E-state index contributed by atoms with van der Waals surface area (Å²) in [6, 6.07) is 12.1. The molecule has 2 rings (SSSR count). The lowest BCUT2D eigenvalue weighted by Gasteiger charge is -2.17. The molecule has 0 heterocycles. The molecular weight excluding hydrogens is 422 g/mol. The average molecular weight is 434 g/mol. The first-order valence-electron chi connectivity index (χ1n) is 5.45. The van der Waals surface area contributed by atoms with E-state index in [0.29, 0.717) is 0 Å². The van der Waals surface area contributed by atoms with Gasteiger partial charge in [-0.25, -0.2) is 0 Å². The second-order valence-electron chi connectivity index (χ2n) is 4.17. The van der Waals surface area contributed by atoms with Crippen LogP contribution in [0.25, 0.3) is 0 Å². The molecule has 1 nitrogen and oxygen atoms in total. The molecule has 0 aliphatic carbocycles. The number of aryl methyl sites for hydroxylation is 1. The van der Waals surface area contributed by atoms with Gasteiger partial charge in [0.05, 0.1) is 6.04 Å². The van der Waals surface area contributed by atoms with Crippen LogP contribution in [0, 0.1) is 6.92 Å². The molecule has 2 aromatic carbocycles. The Labute approximate surface area is 132 Å². The number of rotatable bonds is 2. The first kappa shape index (κ1) is 14.3. The second-order valence-corrected chi connectivity index (χ2v) is 6.79. The van der Waals surface area contributed by atoms with E-state index < -0.39 is 0 Å². The molecule has 0 aliphatic heterocycles. The fraction of sp³-hybridized carbons (Fsp3) is 0.143. The third-order valence-corrected chi connectivity index (χ3v) is 4.69. The van der Waals surface area contributed by atoms with Gasteiger partial charge in [0.1, 0.15) is 0 Å². The molecule has 2 N–H and O–H groups in total. The van der Waals surface area contributed by atoms with Crippen molar-refractivity contribution in [1.82, 2.24) is 0 Å². The lowest BCUT2D eigenvalue weighted by atomic mass is 9.99. The van der Waals surface area contributed by atoms with Crippen LogP contribution in [0.4, 0.5) is 0 Å². The molecule has 18 heavy (non-hydrogen) atoms. The van der Waals surface area contributed by atoms with Crippen molar-refractivity contribution in [3.8, 4) is 0 Å². The van der Waals surface area contributed by atoms with Gasteiger partial charge in [0.15, 0.2) is 0 Å². The minimum Gasteiger partial charge on any atom is -0.320 e. The summed E-state index contributed by atoms with van der Waals surface area (Å²) in [5.74, 6) is 0. The van der Waals surface area contributed by atoms with Gasteiger partial charge in [0.2, 0.25) is 0 Å². The molecule has 1 atom stereocenters. The van der Waals surface area contributed by atoms with Crippen molar-refractivity contribution in [2.24, 2.45) is 5.73 Å². The fourth-order valence-corrected chi connectivity index (χ4v) is 3.42. The molecular formula is C14H12Br3N. The van der Waals surface area contributed by atoms with Crippen molar-refractivity contribution in [1.29, 1.82) is 0 Å². The van der Waals surface area contributed by atoms with Crippen molar-refractivity contribution in [2.45, 2.75) is 13.0 Å². The molecule has 4 heteroatoms. The first-order chi connectivity index (χ1) is 8.49. The predicted octanol–water partition coefficient (Wildman–Crippen LogP) is 5.33. The molecule has 0 aromatic heterocycles. The van der Waals surface area contributed by atoms with Crippen LogP contribution in [0.1, 0.15) is 22.7 Å². The molecule has 2 aromatic rings.